The zero-order chi connectivity index (χ0) is 11.6. The highest BCUT2D eigenvalue weighted by Crippen LogP contribution is 2.20. The van der Waals surface area contributed by atoms with Crippen LogP contribution in [-0.2, 0) is 4.79 Å². The van der Waals surface area contributed by atoms with Gasteiger partial charge in [0, 0.05) is 16.3 Å². The second-order valence-electron chi connectivity index (χ2n) is 4.33. The Balaban J connectivity index is 2.93. The fourth-order valence-corrected chi connectivity index (χ4v) is 1.32. The predicted molar refractivity (Wildman–Crippen MR) is 62.6 cm³/mol. The summed E-state index contributed by atoms with van der Waals surface area (Å²) in [6.45, 7) is 5.56. The number of carbonyl (C=O) groups is 1. The number of hydrogen-bond donors (Lipinski definition) is 1. The van der Waals surface area contributed by atoms with E-state index < -0.39 is 5.54 Å². The third kappa shape index (κ3) is 3.32. The molecule has 0 aliphatic heterocycles. The van der Waals surface area contributed by atoms with Crippen molar-refractivity contribution in [2.45, 2.75) is 26.3 Å². The lowest BCUT2D eigenvalue weighted by Crippen LogP contribution is -2.34. The number of ketones is 1. The number of hydroxylamine groups is 2. The molecule has 0 fully saturated rings. The van der Waals surface area contributed by atoms with Crippen LogP contribution in [0.4, 0.5) is 0 Å². The lowest BCUT2D eigenvalue weighted by Gasteiger charge is -2.28. The highest BCUT2D eigenvalue weighted by atomic mass is 79.9. The summed E-state index contributed by atoms with van der Waals surface area (Å²) in [5.41, 5.74) is 0.0381. The molecule has 1 aliphatic carbocycles. The van der Waals surface area contributed by atoms with Crippen LogP contribution in [0.1, 0.15) is 20.8 Å². The third-order valence-corrected chi connectivity index (χ3v) is 2.41. The van der Waals surface area contributed by atoms with Crippen LogP contribution >= 0.6 is 15.9 Å². The monoisotopic (exact) mass is 271 g/mol. The number of allylic oxidation sites excluding steroid dienone is 5. The van der Waals surface area contributed by atoms with Gasteiger partial charge in [0.25, 0.3) is 0 Å². The summed E-state index contributed by atoms with van der Waals surface area (Å²) in [7, 11) is 0. The van der Waals surface area contributed by atoms with E-state index in [1.54, 1.807) is 12.2 Å². The summed E-state index contributed by atoms with van der Waals surface area (Å²) in [6, 6.07) is 0. The van der Waals surface area contributed by atoms with E-state index in [1.165, 1.54) is 12.3 Å². The number of rotatable bonds is 1. The molecule has 0 amide bonds. The Morgan fingerprint density at radius 1 is 1.40 bits per heavy atom. The Labute approximate surface area is 97.9 Å². The largest absolute Gasteiger partial charge is 0.289 e. The summed E-state index contributed by atoms with van der Waals surface area (Å²) in [4.78, 5) is 11.4. The van der Waals surface area contributed by atoms with E-state index in [2.05, 4.69) is 15.9 Å². The second kappa shape index (κ2) is 4.33. The van der Waals surface area contributed by atoms with Crippen molar-refractivity contribution in [3.63, 3.8) is 0 Å². The molecule has 0 saturated carbocycles. The average Bonchev–Trinajstić information content (AvgIpc) is 2.09. The zero-order valence-corrected chi connectivity index (χ0v) is 10.6. The van der Waals surface area contributed by atoms with Crippen molar-refractivity contribution in [2.75, 3.05) is 0 Å². The van der Waals surface area contributed by atoms with Crippen molar-refractivity contribution in [1.82, 2.24) is 5.06 Å². The van der Waals surface area contributed by atoms with E-state index in [0.29, 0.717) is 5.57 Å². The van der Waals surface area contributed by atoms with Gasteiger partial charge in [-0.15, -0.1) is 0 Å². The summed E-state index contributed by atoms with van der Waals surface area (Å²) in [6.07, 6.45) is 6.26. The quantitative estimate of drug-likeness (QED) is 0.589. The molecular weight excluding hydrogens is 258 g/mol. The standard InChI is InChI=1S/C11H14BrNO2/c1-11(2,3)13(15)7-8-6-9(12)4-5-10(8)14/h4-7,15H,1-3H3. The zero-order valence-electron chi connectivity index (χ0n) is 8.99. The smallest absolute Gasteiger partial charge is 0.187 e. The molecule has 4 heteroatoms. The fourth-order valence-electron chi connectivity index (χ4n) is 0.946. The first kappa shape index (κ1) is 12.2. The molecule has 0 aromatic carbocycles. The highest BCUT2D eigenvalue weighted by Gasteiger charge is 2.18. The topological polar surface area (TPSA) is 40.5 Å². The van der Waals surface area contributed by atoms with Gasteiger partial charge in [-0.1, -0.05) is 15.9 Å². The van der Waals surface area contributed by atoms with E-state index in [-0.39, 0.29) is 5.78 Å². The summed E-state index contributed by atoms with van der Waals surface area (Å²) < 4.78 is 0.815. The lowest BCUT2D eigenvalue weighted by atomic mass is 10.1. The van der Waals surface area contributed by atoms with E-state index in [9.17, 15) is 10.0 Å². The molecule has 0 atom stereocenters. The van der Waals surface area contributed by atoms with Crippen molar-refractivity contribution >= 4 is 21.7 Å². The summed E-state index contributed by atoms with van der Waals surface area (Å²) >= 11 is 3.28. The molecule has 0 aromatic rings. The van der Waals surface area contributed by atoms with Crippen molar-refractivity contribution in [3.8, 4) is 0 Å². The maximum absolute atomic E-state index is 11.4. The van der Waals surface area contributed by atoms with Gasteiger partial charge in [0.1, 0.15) is 0 Å². The number of hydrogen-bond acceptors (Lipinski definition) is 3. The summed E-state index contributed by atoms with van der Waals surface area (Å²) in [5.74, 6) is -0.110. The first-order chi connectivity index (χ1) is 6.80. The molecule has 1 N–H and O–H groups in total. The molecule has 0 spiro atoms. The minimum atomic E-state index is -0.422. The van der Waals surface area contributed by atoms with E-state index >= 15 is 0 Å². The molecule has 82 valence electrons. The van der Waals surface area contributed by atoms with Gasteiger partial charge < -0.3 is 0 Å². The first-order valence-corrected chi connectivity index (χ1v) is 5.39. The summed E-state index contributed by atoms with van der Waals surface area (Å²) in [5, 5.41) is 10.7. The van der Waals surface area contributed by atoms with E-state index in [0.717, 1.165) is 9.55 Å². The SMILES string of the molecule is CC(C)(C)N(O)C=C1C=C(Br)C=CC1=O. The Morgan fingerprint density at radius 3 is 2.53 bits per heavy atom. The van der Waals surface area contributed by atoms with Crippen LogP contribution in [-0.4, -0.2) is 21.6 Å². The second-order valence-corrected chi connectivity index (χ2v) is 5.24. The van der Waals surface area contributed by atoms with Gasteiger partial charge in [0.2, 0.25) is 0 Å². The van der Waals surface area contributed by atoms with Crippen LogP contribution in [0, 0.1) is 0 Å². The maximum atomic E-state index is 11.4. The first-order valence-electron chi connectivity index (χ1n) is 4.60. The van der Waals surface area contributed by atoms with Crippen LogP contribution < -0.4 is 0 Å². The Hall–Kier alpha value is -0.870. The number of halogens is 1. The predicted octanol–water partition coefficient (Wildman–Crippen LogP) is 2.78. The van der Waals surface area contributed by atoms with Gasteiger partial charge in [-0.2, -0.15) is 0 Å². The van der Waals surface area contributed by atoms with Crippen LogP contribution in [0.3, 0.4) is 0 Å². The van der Waals surface area contributed by atoms with Crippen LogP contribution in [0.2, 0.25) is 0 Å². The number of carbonyl (C=O) groups excluding carboxylic acids is 1. The van der Waals surface area contributed by atoms with E-state index in [4.69, 9.17) is 0 Å². The van der Waals surface area contributed by atoms with Crippen molar-refractivity contribution < 1.29 is 10.0 Å². The minimum absolute atomic E-state index is 0.110. The van der Waals surface area contributed by atoms with E-state index in [1.807, 2.05) is 20.8 Å². The molecule has 0 unspecified atom stereocenters. The Kier molecular flexibility index (Phi) is 3.52. The maximum Gasteiger partial charge on any atom is 0.187 e. The molecule has 15 heavy (non-hydrogen) atoms. The Bertz CT molecular complexity index is 361. The molecule has 1 aliphatic rings. The van der Waals surface area contributed by atoms with Crippen molar-refractivity contribution in [1.29, 1.82) is 0 Å². The Morgan fingerprint density at radius 2 is 2.00 bits per heavy atom. The molecule has 0 heterocycles. The van der Waals surface area contributed by atoms with Gasteiger partial charge in [-0.05, 0) is 39.0 Å². The van der Waals surface area contributed by atoms with Gasteiger partial charge in [0.05, 0.1) is 5.54 Å². The normalized spacial score (nSPS) is 19.4. The van der Waals surface area contributed by atoms with Crippen molar-refractivity contribution in [2.24, 2.45) is 0 Å². The van der Waals surface area contributed by atoms with Crippen LogP contribution in [0.15, 0.2) is 34.5 Å². The average molecular weight is 272 g/mol. The lowest BCUT2D eigenvalue weighted by molar-refractivity contribution is -0.116. The van der Waals surface area contributed by atoms with Crippen LogP contribution in [0.25, 0.3) is 0 Å². The van der Waals surface area contributed by atoms with Gasteiger partial charge in [0.15, 0.2) is 5.78 Å². The van der Waals surface area contributed by atoms with Crippen molar-refractivity contribution in [3.05, 3.63) is 34.5 Å². The molecule has 3 nitrogen and oxygen atoms in total. The van der Waals surface area contributed by atoms with Gasteiger partial charge in [-0.25, -0.2) is 0 Å². The molecule has 0 radical (unpaired) electrons. The fraction of sp³-hybridized carbons (Fsp3) is 0.364. The molecule has 0 bridgehead atoms. The molecule has 0 aromatic heterocycles. The third-order valence-electron chi connectivity index (χ3n) is 1.92. The van der Waals surface area contributed by atoms with Gasteiger partial charge >= 0.3 is 0 Å². The van der Waals surface area contributed by atoms with Gasteiger partial charge in [-0.3, -0.25) is 15.1 Å². The number of nitrogens with zero attached hydrogens (tertiary/aromatic N) is 1. The van der Waals surface area contributed by atoms with Crippen LogP contribution in [0.5, 0.6) is 0 Å². The molecular formula is C11H14BrNO2. The highest BCUT2D eigenvalue weighted by molar-refractivity contribution is 9.11. The molecule has 1 rings (SSSR count). The minimum Gasteiger partial charge on any atom is -0.289 e. The molecule has 0 saturated heterocycles.